The molecule has 0 saturated carbocycles. The van der Waals surface area contributed by atoms with E-state index in [-0.39, 0.29) is 17.3 Å². The van der Waals surface area contributed by atoms with Gasteiger partial charge in [-0.05, 0) is 35.8 Å². The molecule has 0 fully saturated rings. The van der Waals surface area contributed by atoms with E-state index in [9.17, 15) is 4.79 Å². The zero-order valence-corrected chi connectivity index (χ0v) is 11.7. The van der Waals surface area contributed by atoms with Gasteiger partial charge in [-0.25, -0.2) is 4.79 Å². The fourth-order valence-electron chi connectivity index (χ4n) is 1.25. The second-order valence-electron chi connectivity index (χ2n) is 3.44. The molecule has 0 spiro atoms. The summed E-state index contributed by atoms with van der Waals surface area (Å²) in [6.45, 7) is 3.31. The highest BCUT2D eigenvalue weighted by Gasteiger charge is 2.40. The molecule has 0 aliphatic rings. The van der Waals surface area contributed by atoms with Gasteiger partial charge in [-0.15, -0.1) is 0 Å². The van der Waals surface area contributed by atoms with Crippen molar-refractivity contribution >= 4 is 33.5 Å². The Balaban J connectivity index is 3.26. The van der Waals surface area contributed by atoms with Crippen molar-refractivity contribution in [1.29, 1.82) is 5.26 Å². The van der Waals surface area contributed by atoms with E-state index in [2.05, 4.69) is 20.9 Å². The minimum absolute atomic E-state index is 0.198. The van der Waals surface area contributed by atoms with Crippen LogP contribution in [-0.4, -0.2) is 17.6 Å². The number of esters is 1. The summed E-state index contributed by atoms with van der Waals surface area (Å²) < 4.78 is 5.54. The highest BCUT2D eigenvalue weighted by Crippen LogP contribution is 2.30. The Labute approximate surface area is 113 Å². The minimum atomic E-state index is -1.49. The SMILES string of the molecule is CCOC(=O)C(C)(C#N)c1ncc(Br)cc1Cl. The Kier molecular flexibility index (Phi) is 4.49. The van der Waals surface area contributed by atoms with Crippen LogP contribution in [0.2, 0.25) is 5.02 Å². The number of hydrogen-bond acceptors (Lipinski definition) is 4. The molecular weight excluding hydrogens is 307 g/mol. The highest BCUT2D eigenvalue weighted by atomic mass is 79.9. The van der Waals surface area contributed by atoms with Crippen LogP contribution in [0.15, 0.2) is 16.7 Å². The largest absolute Gasteiger partial charge is 0.465 e. The van der Waals surface area contributed by atoms with Crippen molar-refractivity contribution in [2.45, 2.75) is 19.3 Å². The van der Waals surface area contributed by atoms with Crippen molar-refractivity contribution in [2.75, 3.05) is 6.61 Å². The maximum Gasteiger partial charge on any atom is 0.332 e. The molecule has 0 bridgehead atoms. The molecule has 1 heterocycles. The molecule has 6 heteroatoms. The van der Waals surface area contributed by atoms with Crippen molar-refractivity contribution < 1.29 is 9.53 Å². The summed E-state index contributed by atoms with van der Waals surface area (Å²) in [4.78, 5) is 15.8. The second kappa shape index (κ2) is 5.48. The maximum absolute atomic E-state index is 11.8. The van der Waals surface area contributed by atoms with Crippen LogP contribution in [0.25, 0.3) is 0 Å². The molecule has 4 nitrogen and oxygen atoms in total. The van der Waals surface area contributed by atoms with Crippen molar-refractivity contribution in [3.05, 3.63) is 27.5 Å². The Morgan fingerprint density at radius 2 is 2.41 bits per heavy atom. The summed E-state index contributed by atoms with van der Waals surface area (Å²) in [6, 6.07) is 3.48. The van der Waals surface area contributed by atoms with E-state index in [1.165, 1.54) is 13.1 Å². The third-order valence-electron chi connectivity index (χ3n) is 2.19. The predicted octanol–water partition coefficient (Wildman–Crippen LogP) is 2.84. The van der Waals surface area contributed by atoms with E-state index in [1.54, 1.807) is 13.0 Å². The van der Waals surface area contributed by atoms with E-state index in [4.69, 9.17) is 21.6 Å². The average molecular weight is 318 g/mol. The molecule has 1 unspecified atom stereocenters. The van der Waals surface area contributed by atoms with Gasteiger partial charge in [0.1, 0.15) is 0 Å². The number of ether oxygens (including phenoxy) is 1. The van der Waals surface area contributed by atoms with Crippen molar-refractivity contribution in [1.82, 2.24) is 4.98 Å². The lowest BCUT2D eigenvalue weighted by atomic mass is 9.88. The molecule has 1 atom stereocenters. The van der Waals surface area contributed by atoms with Crippen molar-refractivity contribution in [2.24, 2.45) is 0 Å². The fourth-order valence-corrected chi connectivity index (χ4v) is 2.07. The van der Waals surface area contributed by atoms with Crippen LogP contribution >= 0.6 is 27.5 Å². The zero-order valence-electron chi connectivity index (χ0n) is 9.33. The van der Waals surface area contributed by atoms with E-state index in [1.807, 2.05) is 6.07 Å². The van der Waals surface area contributed by atoms with Gasteiger partial charge in [0.05, 0.1) is 23.4 Å². The molecular formula is C11H10BrClN2O2. The summed E-state index contributed by atoms with van der Waals surface area (Å²) in [6.07, 6.45) is 1.48. The van der Waals surface area contributed by atoms with Gasteiger partial charge in [0.2, 0.25) is 0 Å². The summed E-state index contributed by atoms with van der Waals surface area (Å²) in [7, 11) is 0. The summed E-state index contributed by atoms with van der Waals surface area (Å²) in [5.74, 6) is -0.653. The third kappa shape index (κ3) is 2.76. The monoisotopic (exact) mass is 316 g/mol. The normalized spacial score (nSPS) is 13.6. The number of nitrogens with zero attached hydrogens (tertiary/aromatic N) is 2. The quantitative estimate of drug-likeness (QED) is 0.804. The topological polar surface area (TPSA) is 63.0 Å². The molecule has 0 aliphatic carbocycles. The Morgan fingerprint density at radius 1 is 1.76 bits per heavy atom. The van der Waals surface area contributed by atoms with Gasteiger partial charge in [0.25, 0.3) is 0 Å². The number of pyridine rings is 1. The molecule has 0 aliphatic heterocycles. The standard InChI is InChI=1S/C11H10BrClN2O2/c1-3-17-10(16)11(2,6-14)9-8(13)4-7(12)5-15-9/h4-5H,3H2,1-2H3. The number of halogens is 2. The lowest BCUT2D eigenvalue weighted by molar-refractivity contribution is -0.147. The van der Waals surface area contributed by atoms with Crippen molar-refractivity contribution in [3.8, 4) is 6.07 Å². The third-order valence-corrected chi connectivity index (χ3v) is 2.91. The van der Waals surface area contributed by atoms with E-state index < -0.39 is 11.4 Å². The molecule has 0 N–H and O–H groups in total. The molecule has 0 radical (unpaired) electrons. The first kappa shape index (κ1) is 13.9. The van der Waals surface area contributed by atoms with Crippen molar-refractivity contribution in [3.63, 3.8) is 0 Å². The lowest BCUT2D eigenvalue weighted by Crippen LogP contribution is -2.34. The van der Waals surface area contributed by atoms with Crippen LogP contribution in [0.3, 0.4) is 0 Å². The molecule has 0 saturated heterocycles. The number of carbonyl (C=O) groups excluding carboxylic acids is 1. The zero-order chi connectivity index (χ0) is 13.1. The van der Waals surface area contributed by atoms with Crippen LogP contribution in [-0.2, 0) is 14.9 Å². The molecule has 1 rings (SSSR count). The number of rotatable bonds is 3. The number of nitriles is 1. The Hall–Kier alpha value is -1.12. The number of hydrogen-bond donors (Lipinski definition) is 0. The van der Waals surface area contributed by atoms with Gasteiger partial charge in [0.15, 0.2) is 5.41 Å². The van der Waals surface area contributed by atoms with Gasteiger partial charge in [-0.2, -0.15) is 5.26 Å². The highest BCUT2D eigenvalue weighted by molar-refractivity contribution is 9.10. The summed E-state index contributed by atoms with van der Waals surface area (Å²) in [5, 5.41) is 9.42. The molecule has 0 aromatic carbocycles. The Morgan fingerprint density at radius 3 is 2.88 bits per heavy atom. The first-order valence-electron chi connectivity index (χ1n) is 4.85. The second-order valence-corrected chi connectivity index (χ2v) is 4.76. The molecule has 90 valence electrons. The molecule has 17 heavy (non-hydrogen) atoms. The number of aromatic nitrogens is 1. The van der Waals surface area contributed by atoms with Gasteiger partial charge >= 0.3 is 5.97 Å². The molecule has 0 amide bonds. The van der Waals surface area contributed by atoms with Crippen LogP contribution < -0.4 is 0 Å². The van der Waals surface area contributed by atoms with E-state index in [0.717, 1.165) is 0 Å². The first-order valence-corrected chi connectivity index (χ1v) is 6.02. The van der Waals surface area contributed by atoms with E-state index >= 15 is 0 Å². The average Bonchev–Trinajstić information content (AvgIpc) is 2.28. The Bertz CT molecular complexity index is 487. The lowest BCUT2D eigenvalue weighted by Gasteiger charge is -2.19. The van der Waals surface area contributed by atoms with Crippen LogP contribution in [0.1, 0.15) is 19.5 Å². The smallest absolute Gasteiger partial charge is 0.332 e. The predicted molar refractivity (Wildman–Crippen MR) is 66.5 cm³/mol. The van der Waals surface area contributed by atoms with Gasteiger partial charge in [-0.1, -0.05) is 11.6 Å². The summed E-state index contributed by atoms with van der Waals surface area (Å²) >= 11 is 9.19. The van der Waals surface area contributed by atoms with Gasteiger partial charge in [-0.3, -0.25) is 4.98 Å². The fraction of sp³-hybridized carbons (Fsp3) is 0.364. The molecule has 1 aromatic heterocycles. The van der Waals surface area contributed by atoms with Crippen LogP contribution in [0.5, 0.6) is 0 Å². The van der Waals surface area contributed by atoms with Gasteiger partial charge in [0, 0.05) is 10.7 Å². The van der Waals surface area contributed by atoms with E-state index in [0.29, 0.717) is 4.47 Å². The maximum atomic E-state index is 11.8. The minimum Gasteiger partial charge on any atom is -0.465 e. The van der Waals surface area contributed by atoms with Crippen LogP contribution in [0.4, 0.5) is 0 Å². The first-order chi connectivity index (χ1) is 7.95. The summed E-state index contributed by atoms with van der Waals surface area (Å²) in [5.41, 5.74) is -1.29. The number of carbonyl (C=O) groups is 1. The van der Waals surface area contributed by atoms with Gasteiger partial charge < -0.3 is 4.74 Å². The van der Waals surface area contributed by atoms with Crippen LogP contribution in [0, 0.1) is 11.3 Å². The molecule has 1 aromatic rings.